The van der Waals surface area contributed by atoms with Gasteiger partial charge in [-0.15, -0.1) is 0 Å². The molecule has 176 valence electrons. The lowest BCUT2D eigenvalue weighted by atomic mass is 9.97. The van der Waals surface area contributed by atoms with Gasteiger partial charge in [-0.2, -0.15) is 0 Å². The van der Waals surface area contributed by atoms with Crippen LogP contribution in [0.2, 0.25) is 0 Å². The highest BCUT2D eigenvalue weighted by Gasteiger charge is 2.52. The number of ketones is 1. The van der Waals surface area contributed by atoms with E-state index in [-0.39, 0.29) is 31.8 Å². The van der Waals surface area contributed by atoms with E-state index in [1.54, 1.807) is 0 Å². The van der Waals surface area contributed by atoms with E-state index in [4.69, 9.17) is 23.7 Å². The number of carbonyl (C=O) groups excluding carboxylic acids is 2. The van der Waals surface area contributed by atoms with Crippen molar-refractivity contribution in [2.24, 2.45) is 0 Å². The van der Waals surface area contributed by atoms with E-state index in [9.17, 15) is 14.7 Å². The van der Waals surface area contributed by atoms with E-state index in [2.05, 4.69) is 0 Å². The summed E-state index contributed by atoms with van der Waals surface area (Å²) in [6.45, 7) is 1.75. The van der Waals surface area contributed by atoms with Gasteiger partial charge in [0, 0.05) is 12.0 Å². The average Bonchev–Trinajstić information content (AvgIpc) is 2.83. The molecule has 0 spiro atoms. The minimum Gasteiger partial charge on any atom is -0.456 e. The Balaban J connectivity index is 1.53. The summed E-state index contributed by atoms with van der Waals surface area (Å²) in [6, 6.07) is 18.8. The van der Waals surface area contributed by atoms with Crippen LogP contribution in [0.15, 0.2) is 60.7 Å². The molecule has 8 heteroatoms. The summed E-state index contributed by atoms with van der Waals surface area (Å²) in [5, 5.41) is 10.7. The zero-order valence-electron chi connectivity index (χ0n) is 18.4. The van der Waals surface area contributed by atoms with E-state index in [1.165, 1.54) is 6.92 Å². The fourth-order valence-electron chi connectivity index (χ4n) is 3.91. The van der Waals surface area contributed by atoms with Crippen molar-refractivity contribution in [2.75, 3.05) is 6.61 Å². The first-order chi connectivity index (χ1) is 16.0. The van der Waals surface area contributed by atoms with Crippen molar-refractivity contribution in [1.82, 2.24) is 0 Å². The first-order valence-corrected chi connectivity index (χ1v) is 11.0. The SMILES string of the molecule is CC(=O)CCC(=O)O[C@H]1[C@H]2OC(c3ccccc3)OC[C@H]2OC(O)[C@@H]1OCc1ccccc1. The minimum absolute atomic E-state index is 0.0653. The minimum atomic E-state index is -1.35. The Morgan fingerprint density at radius 2 is 1.67 bits per heavy atom. The van der Waals surface area contributed by atoms with Crippen LogP contribution < -0.4 is 0 Å². The fraction of sp³-hybridized carbons (Fsp3) is 0.440. The Bertz CT molecular complexity index is 919. The molecule has 1 N–H and O–H groups in total. The van der Waals surface area contributed by atoms with Gasteiger partial charge in [-0.1, -0.05) is 60.7 Å². The van der Waals surface area contributed by atoms with Gasteiger partial charge in [-0.25, -0.2) is 0 Å². The maximum atomic E-state index is 12.5. The normalized spacial score (nSPS) is 29.2. The summed E-state index contributed by atoms with van der Waals surface area (Å²) in [5.41, 5.74) is 1.70. The highest BCUT2D eigenvalue weighted by molar-refractivity contribution is 5.81. The molecule has 8 nitrogen and oxygen atoms in total. The molecule has 0 aliphatic carbocycles. The molecule has 2 heterocycles. The molecule has 2 aliphatic rings. The van der Waals surface area contributed by atoms with Crippen LogP contribution in [0.25, 0.3) is 0 Å². The van der Waals surface area contributed by atoms with Gasteiger partial charge in [-0.05, 0) is 12.5 Å². The van der Waals surface area contributed by atoms with Crippen LogP contribution in [0.3, 0.4) is 0 Å². The van der Waals surface area contributed by atoms with Gasteiger partial charge in [0.05, 0.1) is 19.6 Å². The molecular weight excluding hydrogens is 428 g/mol. The summed E-state index contributed by atoms with van der Waals surface area (Å²) >= 11 is 0. The number of benzene rings is 2. The van der Waals surface area contributed by atoms with Crippen LogP contribution in [0.1, 0.15) is 37.2 Å². The topological polar surface area (TPSA) is 101 Å². The predicted octanol–water partition coefficient (Wildman–Crippen LogP) is 2.68. The fourth-order valence-corrected chi connectivity index (χ4v) is 3.91. The Morgan fingerprint density at radius 1 is 0.970 bits per heavy atom. The molecule has 2 aromatic carbocycles. The Kier molecular flexibility index (Phi) is 7.85. The largest absolute Gasteiger partial charge is 0.456 e. The molecular formula is C25H28O8. The Hall–Kier alpha value is -2.62. The van der Waals surface area contributed by atoms with Crippen LogP contribution in [0.5, 0.6) is 0 Å². The van der Waals surface area contributed by atoms with Gasteiger partial charge in [0.2, 0.25) is 0 Å². The first kappa shape index (κ1) is 23.5. The highest BCUT2D eigenvalue weighted by atomic mass is 16.7. The third-order valence-electron chi connectivity index (χ3n) is 5.61. The molecule has 0 amide bonds. The molecule has 0 aromatic heterocycles. The van der Waals surface area contributed by atoms with Gasteiger partial charge in [0.15, 0.2) is 18.7 Å². The number of rotatable bonds is 8. The first-order valence-electron chi connectivity index (χ1n) is 11.0. The number of carbonyl (C=O) groups is 2. The van der Waals surface area contributed by atoms with Gasteiger partial charge >= 0.3 is 5.97 Å². The predicted molar refractivity (Wildman–Crippen MR) is 116 cm³/mol. The summed E-state index contributed by atoms with van der Waals surface area (Å²) in [7, 11) is 0. The number of Topliss-reactive ketones (excluding diaryl/α,β-unsaturated/α-hetero) is 1. The maximum absolute atomic E-state index is 12.5. The van der Waals surface area contributed by atoms with Crippen LogP contribution in [-0.4, -0.2) is 54.2 Å². The number of esters is 1. The Morgan fingerprint density at radius 3 is 2.36 bits per heavy atom. The van der Waals surface area contributed by atoms with Crippen molar-refractivity contribution >= 4 is 11.8 Å². The lowest BCUT2D eigenvalue weighted by Gasteiger charge is -2.47. The number of ether oxygens (including phenoxy) is 5. The van der Waals surface area contributed by atoms with E-state index in [0.29, 0.717) is 0 Å². The van der Waals surface area contributed by atoms with Crippen LogP contribution in [-0.2, 0) is 39.9 Å². The van der Waals surface area contributed by atoms with Crippen molar-refractivity contribution < 1.29 is 38.4 Å². The molecule has 2 unspecified atom stereocenters. The van der Waals surface area contributed by atoms with Crippen LogP contribution >= 0.6 is 0 Å². The zero-order valence-corrected chi connectivity index (χ0v) is 18.4. The van der Waals surface area contributed by atoms with Gasteiger partial charge < -0.3 is 33.6 Å². The molecule has 0 radical (unpaired) electrons. The van der Waals surface area contributed by atoms with Crippen molar-refractivity contribution in [2.45, 2.75) is 63.4 Å². The molecule has 2 fully saturated rings. The highest BCUT2D eigenvalue weighted by Crippen LogP contribution is 2.36. The summed E-state index contributed by atoms with van der Waals surface area (Å²) in [5.74, 6) is -0.678. The second kappa shape index (κ2) is 11.0. The number of fused-ring (bicyclic) bond motifs is 1. The van der Waals surface area contributed by atoms with E-state index >= 15 is 0 Å². The lowest BCUT2D eigenvalue weighted by molar-refractivity contribution is -0.361. The maximum Gasteiger partial charge on any atom is 0.306 e. The van der Waals surface area contributed by atoms with E-state index < -0.39 is 43.0 Å². The molecule has 0 bridgehead atoms. The monoisotopic (exact) mass is 456 g/mol. The third kappa shape index (κ3) is 6.04. The molecule has 4 rings (SSSR count). The zero-order chi connectivity index (χ0) is 23.2. The number of hydrogen-bond acceptors (Lipinski definition) is 8. The van der Waals surface area contributed by atoms with Crippen LogP contribution in [0, 0.1) is 0 Å². The lowest BCUT2D eigenvalue weighted by Crippen LogP contribution is -2.63. The van der Waals surface area contributed by atoms with Gasteiger partial charge in [0.25, 0.3) is 0 Å². The van der Waals surface area contributed by atoms with Crippen molar-refractivity contribution in [1.29, 1.82) is 0 Å². The third-order valence-corrected chi connectivity index (χ3v) is 5.61. The van der Waals surface area contributed by atoms with Gasteiger partial charge in [-0.3, -0.25) is 4.79 Å². The van der Waals surface area contributed by atoms with Crippen LogP contribution in [0.4, 0.5) is 0 Å². The Labute approximate surface area is 192 Å². The van der Waals surface area contributed by atoms with Gasteiger partial charge in [0.1, 0.15) is 24.1 Å². The van der Waals surface area contributed by atoms with Crippen molar-refractivity contribution in [3.63, 3.8) is 0 Å². The molecule has 2 saturated heterocycles. The molecule has 0 saturated carbocycles. The van der Waals surface area contributed by atoms with E-state index in [1.807, 2.05) is 60.7 Å². The second-order valence-corrected chi connectivity index (χ2v) is 8.16. The van der Waals surface area contributed by atoms with E-state index in [0.717, 1.165) is 11.1 Å². The number of aliphatic hydroxyl groups is 1. The number of aliphatic hydroxyl groups excluding tert-OH is 1. The summed E-state index contributed by atoms with van der Waals surface area (Å²) in [6.07, 6.45) is -5.33. The van der Waals surface area contributed by atoms with Crippen molar-refractivity contribution in [3.8, 4) is 0 Å². The molecule has 33 heavy (non-hydrogen) atoms. The smallest absolute Gasteiger partial charge is 0.306 e. The number of hydrogen-bond donors (Lipinski definition) is 1. The molecule has 2 aromatic rings. The molecule has 2 aliphatic heterocycles. The quantitative estimate of drug-likeness (QED) is 0.605. The average molecular weight is 456 g/mol. The standard InChI is InChI=1S/C25H28O8/c1-16(26)12-13-20(27)32-22-21-19(15-30-25(33-21)18-10-6-3-7-11-18)31-24(28)23(22)29-14-17-8-4-2-5-9-17/h2-11,19,21-25,28H,12-15H2,1H3/t19-,21+,22+,23-,24?,25?/m1/s1. The molecule has 6 atom stereocenters. The second-order valence-electron chi connectivity index (χ2n) is 8.16. The van der Waals surface area contributed by atoms with Crippen molar-refractivity contribution in [3.05, 3.63) is 71.8 Å². The summed E-state index contributed by atoms with van der Waals surface area (Å²) < 4.78 is 29.4. The summed E-state index contributed by atoms with van der Waals surface area (Å²) in [4.78, 5) is 23.8.